The maximum absolute atomic E-state index is 5.74. The van der Waals surface area contributed by atoms with Gasteiger partial charge in [-0.15, -0.1) is 0 Å². The summed E-state index contributed by atoms with van der Waals surface area (Å²) in [5.74, 6) is 0.614. The molecule has 0 bridgehead atoms. The highest BCUT2D eigenvalue weighted by atomic mass is 16.6. The first-order chi connectivity index (χ1) is 9.90. The largest absolute Gasteiger partial charge is 0.469 e. The first-order valence-electron chi connectivity index (χ1n) is 6.54. The monoisotopic (exact) mass is 267 g/mol. The summed E-state index contributed by atoms with van der Waals surface area (Å²) < 4.78 is 12.6. The van der Waals surface area contributed by atoms with Crippen LogP contribution in [0.15, 0.2) is 48.8 Å². The van der Waals surface area contributed by atoms with Gasteiger partial charge in [-0.05, 0) is 5.56 Å². The predicted octanol–water partition coefficient (Wildman–Crippen LogP) is 2.17. The molecule has 0 amide bonds. The number of nitrogens with zero attached hydrogens (tertiary/aromatic N) is 3. The summed E-state index contributed by atoms with van der Waals surface area (Å²) in [6.45, 7) is 1.27. The molecule has 100 valence electrons. The average molecular weight is 267 g/mol. The average Bonchev–Trinajstić information content (AvgIpc) is 2.87. The van der Waals surface area contributed by atoms with Crippen LogP contribution in [0.3, 0.4) is 0 Å². The third-order valence-electron chi connectivity index (χ3n) is 3.32. The molecule has 1 aliphatic heterocycles. The van der Waals surface area contributed by atoms with E-state index in [9.17, 15) is 0 Å². The van der Waals surface area contributed by atoms with Crippen molar-refractivity contribution in [1.82, 2.24) is 14.6 Å². The molecule has 3 aromatic rings. The summed E-state index contributed by atoms with van der Waals surface area (Å²) in [4.78, 5) is 4.56. The van der Waals surface area contributed by atoms with Crippen LogP contribution in [0.2, 0.25) is 0 Å². The highest BCUT2D eigenvalue weighted by Gasteiger charge is 2.21. The molecule has 0 saturated carbocycles. The number of hydrogen-bond acceptors (Lipinski definition) is 4. The number of hydrogen-bond donors (Lipinski definition) is 0. The Balaban J connectivity index is 1.76. The molecule has 0 aliphatic carbocycles. The zero-order valence-electron chi connectivity index (χ0n) is 10.8. The summed E-state index contributed by atoms with van der Waals surface area (Å²) in [6, 6.07) is 11.9. The van der Waals surface area contributed by atoms with E-state index in [1.165, 1.54) is 0 Å². The summed E-state index contributed by atoms with van der Waals surface area (Å²) in [5, 5.41) is 4.32. The van der Waals surface area contributed by atoms with Crippen LogP contribution >= 0.6 is 0 Å². The molecule has 1 saturated heterocycles. The molecule has 4 rings (SSSR count). The molecule has 1 fully saturated rings. The van der Waals surface area contributed by atoms with E-state index in [-0.39, 0.29) is 6.10 Å². The van der Waals surface area contributed by atoms with Crippen molar-refractivity contribution < 1.29 is 9.47 Å². The zero-order chi connectivity index (χ0) is 13.4. The highest BCUT2D eigenvalue weighted by Crippen LogP contribution is 2.24. The van der Waals surface area contributed by atoms with E-state index in [0.717, 1.165) is 16.8 Å². The standard InChI is InChI=1S/C15H13N3O2/c1-2-4-11(5-3-1)13-8-16-18-7-6-14(17-15(13)18)20-12-9-19-10-12/h1-8,12H,9-10H2. The fourth-order valence-electron chi connectivity index (χ4n) is 2.19. The van der Waals surface area contributed by atoms with Crippen LogP contribution in [0.5, 0.6) is 5.88 Å². The summed E-state index contributed by atoms with van der Waals surface area (Å²) in [6.07, 6.45) is 3.81. The third-order valence-corrected chi connectivity index (χ3v) is 3.32. The molecule has 0 unspecified atom stereocenters. The third kappa shape index (κ3) is 1.92. The van der Waals surface area contributed by atoms with E-state index in [1.54, 1.807) is 4.52 Å². The van der Waals surface area contributed by atoms with E-state index in [2.05, 4.69) is 10.1 Å². The summed E-state index contributed by atoms with van der Waals surface area (Å²) >= 11 is 0. The summed E-state index contributed by atoms with van der Waals surface area (Å²) in [7, 11) is 0. The molecule has 1 aliphatic rings. The second-order valence-corrected chi connectivity index (χ2v) is 4.74. The second kappa shape index (κ2) is 4.61. The van der Waals surface area contributed by atoms with Crippen molar-refractivity contribution in [2.24, 2.45) is 0 Å². The first-order valence-corrected chi connectivity index (χ1v) is 6.54. The molecule has 5 heteroatoms. The van der Waals surface area contributed by atoms with Crippen molar-refractivity contribution in [3.8, 4) is 17.0 Å². The van der Waals surface area contributed by atoms with Gasteiger partial charge in [-0.1, -0.05) is 30.3 Å². The second-order valence-electron chi connectivity index (χ2n) is 4.74. The molecule has 0 atom stereocenters. The molecule has 0 radical (unpaired) electrons. The van der Waals surface area contributed by atoms with Gasteiger partial charge in [-0.3, -0.25) is 0 Å². The molecular formula is C15H13N3O2. The van der Waals surface area contributed by atoms with Crippen LogP contribution in [0.1, 0.15) is 0 Å². The maximum atomic E-state index is 5.74. The predicted molar refractivity (Wildman–Crippen MR) is 73.7 cm³/mol. The van der Waals surface area contributed by atoms with E-state index in [4.69, 9.17) is 9.47 Å². The number of ether oxygens (including phenoxy) is 2. The number of aromatic nitrogens is 3. The van der Waals surface area contributed by atoms with Gasteiger partial charge in [-0.25, -0.2) is 4.52 Å². The van der Waals surface area contributed by atoms with Crippen LogP contribution < -0.4 is 4.74 Å². The van der Waals surface area contributed by atoms with Gasteiger partial charge in [0.15, 0.2) is 5.65 Å². The molecule has 0 N–H and O–H groups in total. The lowest BCUT2D eigenvalue weighted by Crippen LogP contribution is -2.38. The Labute approximate surface area is 115 Å². The molecular weight excluding hydrogens is 254 g/mol. The van der Waals surface area contributed by atoms with Gasteiger partial charge in [0.05, 0.1) is 19.4 Å². The lowest BCUT2D eigenvalue weighted by atomic mass is 10.1. The van der Waals surface area contributed by atoms with Gasteiger partial charge in [0.1, 0.15) is 6.10 Å². The van der Waals surface area contributed by atoms with E-state index in [1.807, 2.05) is 48.8 Å². The SMILES string of the molecule is c1ccc(-c2cnn3ccc(OC4COC4)nc23)cc1. The van der Waals surface area contributed by atoms with Crippen LogP contribution in [-0.4, -0.2) is 33.9 Å². The summed E-state index contributed by atoms with van der Waals surface area (Å²) in [5.41, 5.74) is 2.90. The van der Waals surface area contributed by atoms with Gasteiger partial charge in [0.2, 0.25) is 5.88 Å². The Morgan fingerprint density at radius 3 is 2.75 bits per heavy atom. The lowest BCUT2D eigenvalue weighted by Gasteiger charge is -2.25. The Morgan fingerprint density at radius 1 is 1.15 bits per heavy atom. The fraction of sp³-hybridized carbons (Fsp3) is 0.200. The minimum absolute atomic E-state index is 0.119. The molecule has 2 aromatic heterocycles. The van der Waals surface area contributed by atoms with Crippen molar-refractivity contribution in [2.45, 2.75) is 6.10 Å². The zero-order valence-corrected chi connectivity index (χ0v) is 10.8. The molecule has 1 aromatic carbocycles. The highest BCUT2D eigenvalue weighted by molar-refractivity contribution is 5.76. The Kier molecular flexibility index (Phi) is 2.63. The Bertz CT molecular complexity index is 735. The van der Waals surface area contributed by atoms with Crippen LogP contribution in [0.25, 0.3) is 16.8 Å². The van der Waals surface area contributed by atoms with Gasteiger partial charge in [0.25, 0.3) is 0 Å². The van der Waals surface area contributed by atoms with Crippen LogP contribution in [-0.2, 0) is 4.74 Å². The number of fused-ring (bicyclic) bond motifs is 1. The first kappa shape index (κ1) is 11.4. The number of rotatable bonds is 3. The smallest absolute Gasteiger partial charge is 0.217 e. The molecule has 0 spiro atoms. The normalized spacial score (nSPS) is 15.2. The van der Waals surface area contributed by atoms with Crippen molar-refractivity contribution in [1.29, 1.82) is 0 Å². The van der Waals surface area contributed by atoms with Crippen molar-refractivity contribution >= 4 is 5.65 Å². The Morgan fingerprint density at radius 2 is 2.00 bits per heavy atom. The minimum atomic E-state index is 0.119. The molecule has 3 heterocycles. The topological polar surface area (TPSA) is 48.7 Å². The maximum Gasteiger partial charge on any atom is 0.217 e. The Hall–Kier alpha value is -2.40. The number of benzene rings is 1. The minimum Gasteiger partial charge on any atom is -0.469 e. The quantitative estimate of drug-likeness (QED) is 0.729. The van der Waals surface area contributed by atoms with Gasteiger partial charge < -0.3 is 9.47 Å². The fourth-order valence-corrected chi connectivity index (χ4v) is 2.19. The van der Waals surface area contributed by atoms with Crippen molar-refractivity contribution in [2.75, 3.05) is 13.2 Å². The van der Waals surface area contributed by atoms with Crippen molar-refractivity contribution in [3.05, 3.63) is 48.8 Å². The van der Waals surface area contributed by atoms with E-state index >= 15 is 0 Å². The van der Waals surface area contributed by atoms with Gasteiger partial charge in [0, 0.05) is 17.8 Å². The van der Waals surface area contributed by atoms with E-state index in [0.29, 0.717) is 19.1 Å². The lowest BCUT2D eigenvalue weighted by molar-refractivity contribution is -0.0812. The van der Waals surface area contributed by atoms with Gasteiger partial charge >= 0.3 is 0 Å². The van der Waals surface area contributed by atoms with Crippen molar-refractivity contribution in [3.63, 3.8) is 0 Å². The van der Waals surface area contributed by atoms with Crippen LogP contribution in [0, 0.1) is 0 Å². The van der Waals surface area contributed by atoms with Gasteiger partial charge in [-0.2, -0.15) is 10.1 Å². The molecule has 5 nitrogen and oxygen atoms in total. The van der Waals surface area contributed by atoms with E-state index < -0.39 is 0 Å². The van der Waals surface area contributed by atoms with Crippen LogP contribution in [0.4, 0.5) is 0 Å². The molecule has 20 heavy (non-hydrogen) atoms.